The predicted molar refractivity (Wildman–Crippen MR) is 90.6 cm³/mol. The number of rotatable bonds is 3. The highest BCUT2D eigenvalue weighted by molar-refractivity contribution is 5.81. The number of benzene rings is 1. The van der Waals surface area contributed by atoms with E-state index in [1.807, 2.05) is 12.3 Å². The van der Waals surface area contributed by atoms with Crippen molar-refractivity contribution in [2.45, 2.75) is 52.0 Å². The summed E-state index contributed by atoms with van der Waals surface area (Å²) in [5.74, 6) is 1.73. The lowest BCUT2D eigenvalue weighted by atomic mass is 9.89. The molecule has 1 N–H and O–H groups in total. The Balaban J connectivity index is 1.67. The van der Waals surface area contributed by atoms with Gasteiger partial charge in [0, 0.05) is 11.4 Å². The molecule has 1 aromatic carbocycles. The van der Waals surface area contributed by atoms with Crippen LogP contribution in [0, 0.1) is 11.8 Å². The van der Waals surface area contributed by atoms with Gasteiger partial charge in [0.1, 0.15) is 0 Å². The molecule has 1 aliphatic rings. The van der Waals surface area contributed by atoms with E-state index in [2.05, 4.69) is 48.4 Å². The van der Waals surface area contributed by atoms with E-state index < -0.39 is 0 Å². The van der Waals surface area contributed by atoms with Crippen molar-refractivity contribution in [2.24, 2.45) is 11.8 Å². The number of hydrogen-bond acceptors (Lipinski definition) is 2. The van der Waals surface area contributed by atoms with Gasteiger partial charge in [-0.1, -0.05) is 44.9 Å². The molecule has 0 bridgehead atoms. The molecule has 0 amide bonds. The Morgan fingerprint density at radius 2 is 1.95 bits per heavy atom. The first kappa shape index (κ1) is 14.4. The molecule has 2 aromatic rings. The van der Waals surface area contributed by atoms with Crippen LogP contribution in [0.25, 0.3) is 10.9 Å². The Labute approximate surface area is 128 Å². The van der Waals surface area contributed by atoms with Gasteiger partial charge in [0.05, 0.1) is 17.4 Å². The van der Waals surface area contributed by atoms with E-state index in [4.69, 9.17) is 0 Å². The van der Waals surface area contributed by atoms with Crippen molar-refractivity contribution in [3.63, 3.8) is 0 Å². The van der Waals surface area contributed by atoms with Crippen LogP contribution in [-0.4, -0.2) is 11.0 Å². The Morgan fingerprint density at radius 1 is 1.10 bits per heavy atom. The zero-order valence-electron chi connectivity index (χ0n) is 13.2. The number of pyridine rings is 1. The van der Waals surface area contributed by atoms with Gasteiger partial charge < -0.3 is 5.32 Å². The normalized spacial score (nSPS) is 23.2. The molecule has 0 saturated heterocycles. The molecule has 2 unspecified atom stereocenters. The SMILES string of the molecule is CC(C)C1CCCC(Nc2cnc3ccccc3c2)CC1. The summed E-state index contributed by atoms with van der Waals surface area (Å²) in [4.78, 5) is 4.55. The summed E-state index contributed by atoms with van der Waals surface area (Å²) < 4.78 is 0. The lowest BCUT2D eigenvalue weighted by Crippen LogP contribution is -2.18. The number of hydrogen-bond donors (Lipinski definition) is 1. The van der Waals surface area contributed by atoms with E-state index in [9.17, 15) is 0 Å². The lowest BCUT2D eigenvalue weighted by molar-refractivity contribution is 0.341. The maximum atomic E-state index is 4.55. The van der Waals surface area contributed by atoms with Gasteiger partial charge in [-0.25, -0.2) is 0 Å². The Morgan fingerprint density at radius 3 is 2.81 bits per heavy atom. The second-order valence-electron chi connectivity index (χ2n) is 6.77. The van der Waals surface area contributed by atoms with Gasteiger partial charge in [-0.15, -0.1) is 0 Å². The van der Waals surface area contributed by atoms with Crippen molar-refractivity contribution < 1.29 is 0 Å². The molecule has 1 aromatic heterocycles. The lowest BCUT2D eigenvalue weighted by Gasteiger charge is -2.19. The summed E-state index contributed by atoms with van der Waals surface area (Å²) in [6, 6.07) is 11.2. The minimum absolute atomic E-state index is 0.608. The van der Waals surface area contributed by atoms with E-state index in [1.54, 1.807) is 0 Å². The van der Waals surface area contributed by atoms with E-state index in [1.165, 1.54) is 43.2 Å². The zero-order valence-corrected chi connectivity index (χ0v) is 13.2. The number of aromatic nitrogens is 1. The number of nitrogens with zero attached hydrogens (tertiary/aromatic N) is 1. The minimum Gasteiger partial charge on any atom is -0.381 e. The highest BCUT2D eigenvalue weighted by Gasteiger charge is 2.20. The average Bonchev–Trinajstić information content (AvgIpc) is 2.73. The molecule has 2 atom stereocenters. The molecule has 0 radical (unpaired) electrons. The van der Waals surface area contributed by atoms with Crippen LogP contribution in [0.5, 0.6) is 0 Å². The number of anilines is 1. The molecule has 1 fully saturated rings. The fourth-order valence-electron chi connectivity index (χ4n) is 3.53. The monoisotopic (exact) mass is 282 g/mol. The molecule has 1 saturated carbocycles. The number of fused-ring (bicyclic) bond motifs is 1. The summed E-state index contributed by atoms with van der Waals surface area (Å²) in [5.41, 5.74) is 2.24. The Bertz CT molecular complexity index is 591. The summed E-state index contributed by atoms with van der Waals surface area (Å²) in [6.07, 6.45) is 8.66. The van der Waals surface area contributed by atoms with Crippen molar-refractivity contribution in [2.75, 3.05) is 5.32 Å². The third-order valence-electron chi connectivity index (χ3n) is 4.92. The summed E-state index contributed by atoms with van der Waals surface area (Å²) >= 11 is 0. The van der Waals surface area contributed by atoms with Gasteiger partial charge in [0.15, 0.2) is 0 Å². The highest BCUT2D eigenvalue weighted by Crippen LogP contribution is 2.30. The highest BCUT2D eigenvalue weighted by atomic mass is 14.9. The van der Waals surface area contributed by atoms with Crippen LogP contribution in [0.1, 0.15) is 46.0 Å². The van der Waals surface area contributed by atoms with Crippen molar-refractivity contribution in [3.05, 3.63) is 36.5 Å². The maximum absolute atomic E-state index is 4.55. The van der Waals surface area contributed by atoms with Crippen molar-refractivity contribution in [1.29, 1.82) is 0 Å². The van der Waals surface area contributed by atoms with Crippen LogP contribution in [0.15, 0.2) is 36.5 Å². The van der Waals surface area contributed by atoms with Crippen LogP contribution in [-0.2, 0) is 0 Å². The molecular formula is C19H26N2. The molecule has 0 aliphatic heterocycles. The smallest absolute Gasteiger partial charge is 0.0703 e. The van der Waals surface area contributed by atoms with Gasteiger partial charge in [-0.05, 0) is 43.2 Å². The molecule has 1 heterocycles. The largest absolute Gasteiger partial charge is 0.381 e. The summed E-state index contributed by atoms with van der Waals surface area (Å²) in [6.45, 7) is 4.73. The van der Waals surface area contributed by atoms with Crippen molar-refractivity contribution in [3.8, 4) is 0 Å². The molecule has 2 nitrogen and oxygen atoms in total. The third-order valence-corrected chi connectivity index (χ3v) is 4.92. The van der Waals surface area contributed by atoms with Gasteiger partial charge in [0.25, 0.3) is 0 Å². The van der Waals surface area contributed by atoms with Crippen LogP contribution >= 0.6 is 0 Å². The fourth-order valence-corrected chi connectivity index (χ4v) is 3.53. The quantitative estimate of drug-likeness (QED) is 0.777. The van der Waals surface area contributed by atoms with Crippen LogP contribution in [0.2, 0.25) is 0 Å². The molecular weight excluding hydrogens is 256 g/mol. The molecule has 0 spiro atoms. The predicted octanol–water partition coefficient (Wildman–Crippen LogP) is 5.25. The third kappa shape index (κ3) is 3.55. The average molecular weight is 282 g/mol. The zero-order chi connectivity index (χ0) is 14.7. The first-order valence-corrected chi connectivity index (χ1v) is 8.33. The Hall–Kier alpha value is -1.57. The van der Waals surface area contributed by atoms with E-state index >= 15 is 0 Å². The van der Waals surface area contributed by atoms with Crippen LogP contribution in [0.4, 0.5) is 5.69 Å². The molecule has 3 rings (SSSR count). The van der Waals surface area contributed by atoms with E-state index in [0.29, 0.717) is 6.04 Å². The first-order valence-electron chi connectivity index (χ1n) is 8.33. The summed E-state index contributed by atoms with van der Waals surface area (Å²) in [5, 5.41) is 4.93. The minimum atomic E-state index is 0.608. The Kier molecular flexibility index (Phi) is 4.42. The second kappa shape index (κ2) is 6.46. The topological polar surface area (TPSA) is 24.9 Å². The standard InChI is InChI=1S/C19H26N2/c1-14(2)15-7-5-8-17(11-10-15)21-18-12-16-6-3-4-9-19(16)20-13-18/h3-4,6,9,12-15,17,21H,5,7-8,10-11H2,1-2H3. The first-order chi connectivity index (χ1) is 10.2. The van der Waals surface area contributed by atoms with Gasteiger partial charge in [0.2, 0.25) is 0 Å². The van der Waals surface area contributed by atoms with Crippen LogP contribution < -0.4 is 5.32 Å². The fraction of sp³-hybridized carbons (Fsp3) is 0.526. The van der Waals surface area contributed by atoms with E-state index in [-0.39, 0.29) is 0 Å². The summed E-state index contributed by atoms with van der Waals surface area (Å²) in [7, 11) is 0. The molecule has 112 valence electrons. The van der Waals surface area contributed by atoms with Crippen molar-refractivity contribution in [1.82, 2.24) is 4.98 Å². The molecule has 21 heavy (non-hydrogen) atoms. The van der Waals surface area contributed by atoms with Crippen LogP contribution in [0.3, 0.4) is 0 Å². The van der Waals surface area contributed by atoms with Gasteiger partial charge in [-0.3, -0.25) is 4.98 Å². The maximum Gasteiger partial charge on any atom is 0.0703 e. The number of para-hydroxylation sites is 1. The van der Waals surface area contributed by atoms with Gasteiger partial charge >= 0.3 is 0 Å². The molecule has 1 aliphatic carbocycles. The van der Waals surface area contributed by atoms with Crippen molar-refractivity contribution >= 4 is 16.6 Å². The van der Waals surface area contributed by atoms with E-state index in [0.717, 1.165) is 17.4 Å². The number of nitrogens with one attached hydrogen (secondary N) is 1. The second-order valence-corrected chi connectivity index (χ2v) is 6.77. The van der Waals surface area contributed by atoms with Gasteiger partial charge in [-0.2, -0.15) is 0 Å². The molecule has 2 heteroatoms.